The predicted octanol–water partition coefficient (Wildman–Crippen LogP) is 3.26. The van der Waals surface area contributed by atoms with Gasteiger partial charge in [0.25, 0.3) is 0 Å². The lowest BCUT2D eigenvalue weighted by Crippen LogP contribution is -2.23. The predicted molar refractivity (Wildman–Crippen MR) is 84.8 cm³/mol. The molecular formula is C17H15F3N4O. The minimum absolute atomic E-state index is 0.0201. The van der Waals surface area contributed by atoms with Crippen molar-refractivity contribution in [3.8, 4) is 17.3 Å². The highest BCUT2D eigenvalue weighted by molar-refractivity contribution is 5.64. The van der Waals surface area contributed by atoms with Gasteiger partial charge in [0.05, 0.1) is 17.4 Å². The first-order valence-electron chi connectivity index (χ1n) is 7.65. The molecule has 8 heteroatoms. The Balaban J connectivity index is 1.94. The zero-order valence-electron chi connectivity index (χ0n) is 13.4. The van der Waals surface area contributed by atoms with Gasteiger partial charge >= 0.3 is 6.18 Å². The quantitative estimate of drug-likeness (QED) is 0.852. The Hall–Kier alpha value is -2.66. The monoisotopic (exact) mass is 348 g/mol. The Kier molecular flexibility index (Phi) is 4.59. The molecule has 0 spiro atoms. The largest absolute Gasteiger partial charge is 0.416 e. The van der Waals surface area contributed by atoms with E-state index >= 15 is 0 Å². The minimum atomic E-state index is -4.39. The van der Waals surface area contributed by atoms with Crippen LogP contribution in [0.5, 0.6) is 0 Å². The van der Waals surface area contributed by atoms with Crippen LogP contribution in [0.25, 0.3) is 11.3 Å². The third kappa shape index (κ3) is 3.72. The number of benzene rings is 1. The zero-order valence-corrected chi connectivity index (χ0v) is 13.4. The number of ether oxygens (including phenoxy) is 1. The average molecular weight is 348 g/mol. The third-order valence-electron chi connectivity index (χ3n) is 4.12. The maximum atomic E-state index is 12.7. The van der Waals surface area contributed by atoms with Gasteiger partial charge in [0, 0.05) is 31.8 Å². The number of halogens is 3. The van der Waals surface area contributed by atoms with E-state index < -0.39 is 11.7 Å². The zero-order chi connectivity index (χ0) is 18.0. The number of hydrogen-bond acceptors (Lipinski definition) is 5. The molecule has 2 aromatic rings. The second kappa shape index (κ2) is 6.69. The van der Waals surface area contributed by atoms with E-state index in [2.05, 4.69) is 9.97 Å². The Labute approximate surface area is 142 Å². The van der Waals surface area contributed by atoms with Crippen molar-refractivity contribution in [3.05, 3.63) is 41.7 Å². The summed E-state index contributed by atoms with van der Waals surface area (Å²) in [6.07, 6.45) is -3.45. The molecule has 5 nitrogen and oxygen atoms in total. The number of nitrogens with zero attached hydrogens (tertiary/aromatic N) is 4. The molecule has 1 saturated heterocycles. The number of rotatable bonds is 3. The van der Waals surface area contributed by atoms with E-state index in [1.54, 1.807) is 13.2 Å². The summed E-state index contributed by atoms with van der Waals surface area (Å²) in [5.41, 5.74) is 0.181. The van der Waals surface area contributed by atoms with Crippen LogP contribution in [0.15, 0.2) is 30.3 Å². The lowest BCUT2D eigenvalue weighted by molar-refractivity contribution is -0.137. The van der Waals surface area contributed by atoms with Crippen molar-refractivity contribution < 1.29 is 17.9 Å². The summed E-state index contributed by atoms with van der Waals surface area (Å²) >= 11 is 0. The van der Waals surface area contributed by atoms with E-state index in [0.717, 1.165) is 25.1 Å². The average Bonchev–Trinajstić information content (AvgIpc) is 3.10. The molecule has 0 N–H and O–H groups in total. The number of methoxy groups -OCH3 is 1. The number of nitriles is 1. The maximum absolute atomic E-state index is 12.7. The van der Waals surface area contributed by atoms with Crippen molar-refractivity contribution in [2.24, 2.45) is 0 Å². The summed E-state index contributed by atoms with van der Waals surface area (Å²) in [4.78, 5) is 10.3. The molecule has 0 unspecified atom stereocenters. The van der Waals surface area contributed by atoms with E-state index in [9.17, 15) is 13.2 Å². The molecule has 130 valence electrons. The van der Waals surface area contributed by atoms with E-state index in [1.165, 1.54) is 12.1 Å². The SMILES string of the molecule is CO[C@H]1CCN(c2cc(-c3ccc(C(F)(F)F)cc3)nc(C#N)n2)C1. The summed E-state index contributed by atoms with van der Waals surface area (Å²) in [6.45, 7) is 1.37. The van der Waals surface area contributed by atoms with Gasteiger partial charge in [0.2, 0.25) is 5.82 Å². The summed E-state index contributed by atoms with van der Waals surface area (Å²) in [7, 11) is 1.64. The van der Waals surface area contributed by atoms with Crippen LogP contribution in [-0.2, 0) is 10.9 Å². The highest BCUT2D eigenvalue weighted by atomic mass is 19.4. The van der Waals surface area contributed by atoms with E-state index in [1.807, 2.05) is 11.0 Å². The number of anilines is 1. The lowest BCUT2D eigenvalue weighted by atomic mass is 10.1. The van der Waals surface area contributed by atoms with Gasteiger partial charge in [-0.1, -0.05) is 12.1 Å². The fraction of sp³-hybridized carbons (Fsp3) is 0.353. The molecule has 2 heterocycles. The number of aromatic nitrogens is 2. The highest BCUT2D eigenvalue weighted by Gasteiger charge is 2.30. The summed E-state index contributed by atoms with van der Waals surface area (Å²) in [5, 5.41) is 9.16. The van der Waals surface area contributed by atoms with E-state index in [4.69, 9.17) is 10.00 Å². The van der Waals surface area contributed by atoms with Crippen molar-refractivity contribution in [1.82, 2.24) is 9.97 Å². The molecule has 1 aliphatic rings. The number of hydrogen-bond donors (Lipinski definition) is 0. The molecule has 0 bridgehead atoms. The molecule has 0 radical (unpaired) electrons. The van der Waals surface area contributed by atoms with Gasteiger partial charge in [-0.05, 0) is 18.6 Å². The van der Waals surface area contributed by atoms with Crippen LogP contribution >= 0.6 is 0 Å². The molecule has 1 aromatic carbocycles. The van der Waals surface area contributed by atoms with Crippen molar-refractivity contribution in [3.63, 3.8) is 0 Å². The first-order valence-corrected chi connectivity index (χ1v) is 7.65. The molecule has 0 amide bonds. The smallest absolute Gasteiger partial charge is 0.380 e. The van der Waals surface area contributed by atoms with Crippen molar-refractivity contribution in [2.45, 2.75) is 18.7 Å². The van der Waals surface area contributed by atoms with Crippen LogP contribution in [0.2, 0.25) is 0 Å². The van der Waals surface area contributed by atoms with Crippen LogP contribution in [0.4, 0.5) is 19.0 Å². The molecule has 0 aliphatic carbocycles. The Morgan fingerprint density at radius 2 is 1.96 bits per heavy atom. The minimum Gasteiger partial charge on any atom is -0.380 e. The standard InChI is InChI=1S/C17H15F3N4O/c1-25-13-6-7-24(10-13)16-8-14(22-15(9-21)23-16)11-2-4-12(5-3-11)17(18,19)20/h2-5,8,13H,6-7,10H2,1H3/t13-/m0/s1. The number of alkyl halides is 3. The van der Waals surface area contributed by atoms with Gasteiger partial charge in [0.15, 0.2) is 0 Å². The van der Waals surface area contributed by atoms with Crippen LogP contribution in [0, 0.1) is 11.3 Å². The maximum Gasteiger partial charge on any atom is 0.416 e. The summed E-state index contributed by atoms with van der Waals surface area (Å²) < 4.78 is 43.4. The first-order chi connectivity index (χ1) is 11.9. The summed E-state index contributed by atoms with van der Waals surface area (Å²) in [6, 6.07) is 8.27. The topological polar surface area (TPSA) is 62.0 Å². The van der Waals surface area contributed by atoms with Crippen LogP contribution in [-0.4, -0.2) is 36.3 Å². The van der Waals surface area contributed by atoms with Gasteiger partial charge in [0.1, 0.15) is 11.9 Å². The van der Waals surface area contributed by atoms with Gasteiger partial charge in [-0.2, -0.15) is 18.4 Å². The third-order valence-corrected chi connectivity index (χ3v) is 4.12. The molecule has 1 aromatic heterocycles. The Bertz CT molecular complexity index is 799. The normalized spacial score (nSPS) is 17.6. The molecule has 25 heavy (non-hydrogen) atoms. The van der Waals surface area contributed by atoms with Gasteiger partial charge < -0.3 is 9.64 Å². The van der Waals surface area contributed by atoms with Crippen LogP contribution in [0.1, 0.15) is 17.8 Å². The van der Waals surface area contributed by atoms with Gasteiger partial charge in [-0.3, -0.25) is 0 Å². The molecule has 1 atom stereocenters. The molecule has 1 aliphatic heterocycles. The molecule has 1 fully saturated rings. The fourth-order valence-corrected chi connectivity index (χ4v) is 2.75. The second-order valence-electron chi connectivity index (χ2n) is 5.71. The van der Waals surface area contributed by atoms with Crippen molar-refractivity contribution >= 4 is 5.82 Å². The van der Waals surface area contributed by atoms with Crippen LogP contribution < -0.4 is 4.90 Å². The van der Waals surface area contributed by atoms with Crippen LogP contribution in [0.3, 0.4) is 0 Å². The van der Waals surface area contributed by atoms with Crippen molar-refractivity contribution in [2.75, 3.05) is 25.1 Å². The Morgan fingerprint density at radius 1 is 1.24 bits per heavy atom. The summed E-state index contributed by atoms with van der Waals surface area (Å²) in [5.74, 6) is 0.550. The molecule has 3 rings (SSSR count). The second-order valence-corrected chi connectivity index (χ2v) is 5.71. The van der Waals surface area contributed by atoms with E-state index in [-0.39, 0.29) is 11.9 Å². The first kappa shape index (κ1) is 17.2. The van der Waals surface area contributed by atoms with Crippen molar-refractivity contribution in [1.29, 1.82) is 5.26 Å². The van der Waals surface area contributed by atoms with E-state index in [0.29, 0.717) is 23.6 Å². The highest BCUT2D eigenvalue weighted by Crippen LogP contribution is 2.31. The molecule has 0 saturated carbocycles. The Morgan fingerprint density at radius 3 is 2.52 bits per heavy atom. The lowest BCUT2D eigenvalue weighted by Gasteiger charge is -2.18. The van der Waals surface area contributed by atoms with Gasteiger partial charge in [-0.15, -0.1) is 0 Å². The molecular weight excluding hydrogens is 333 g/mol. The van der Waals surface area contributed by atoms with Gasteiger partial charge in [-0.25, -0.2) is 9.97 Å². The fourth-order valence-electron chi connectivity index (χ4n) is 2.75.